The highest BCUT2D eigenvalue weighted by molar-refractivity contribution is 9.10. The number of piperidine rings is 1. The Labute approximate surface area is 174 Å². The van der Waals surface area contributed by atoms with E-state index in [4.69, 9.17) is 4.74 Å². The maximum Gasteiger partial charge on any atom is 0.409 e. The van der Waals surface area contributed by atoms with E-state index in [1.54, 1.807) is 30.0 Å². The quantitative estimate of drug-likeness (QED) is 0.692. The van der Waals surface area contributed by atoms with Crippen molar-refractivity contribution in [2.75, 3.05) is 19.7 Å². The predicted octanol–water partition coefficient (Wildman–Crippen LogP) is 2.94. The number of amides is 3. The van der Waals surface area contributed by atoms with Crippen LogP contribution in [-0.2, 0) is 9.53 Å². The summed E-state index contributed by atoms with van der Waals surface area (Å²) < 4.78 is 5.69. The van der Waals surface area contributed by atoms with Crippen molar-refractivity contribution in [2.24, 2.45) is 5.92 Å². The first-order chi connectivity index (χ1) is 13.3. The van der Waals surface area contributed by atoms with Crippen molar-refractivity contribution in [1.29, 1.82) is 0 Å². The molecule has 0 saturated carbocycles. The molecule has 3 amide bonds. The zero-order valence-electron chi connectivity index (χ0n) is 16.5. The van der Waals surface area contributed by atoms with E-state index in [1.165, 1.54) is 0 Å². The molecule has 0 radical (unpaired) electrons. The number of halogens is 1. The Morgan fingerprint density at radius 3 is 2.43 bits per heavy atom. The maximum atomic E-state index is 12.8. The molecule has 1 atom stereocenters. The molecule has 8 heteroatoms. The van der Waals surface area contributed by atoms with Crippen LogP contribution in [0.15, 0.2) is 28.7 Å². The molecule has 1 heterocycles. The van der Waals surface area contributed by atoms with Crippen LogP contribution in [-0.4, -0.2) is 54.6 Å². The summed E-state index contributed by atoms with van der Waals surface area (Å²) in [4.78, 5) is 38.8. The highest BCUT2D eigenvalue weighted by atomic mass is 79.9. The van der Waals surface area contributed by atoms with Crippen LogP contribution in [0, 0.1) is 5.92 Å². The van der Waals surface area contributed by atoms with Crippen LogP contribution >= 0.6 is 15.9 Å². The van der Waals surface area contributed by atoms with Gasteiger partial charge < -0.3 is 20.3 Å². The lowest BCUT2D eigenvalue weighted by Crippen LogP contribution is -2.54. The van der Waals surface area contributed by atoms with E-state index in [1.807, 2.05) is 19.9 Å². The number of hydrogen-bond donors (Lipinski definition) is 2. The number of hydrogen-bond acceptors (Lipinski definition) is 4. The van der Waals surface area contributed by atoms with Crippen molar-refractivity contribution in [1.82, 2.24) is 15.5 Å². The third-order valence-corrected chi connectivity index (χ3v) is 5.41. The predicted molar refractivity (Wildman–Crippen MR) is 110 cm³/mol. The molecule has 1 aliphatic heterocycles. The molecule has 1 saturated heterocycles. The van der Waals surface area contributed by atoms with Gasteiger partial charge in [0.05, 0.1) is 12.2 Å². The number of benzene rings is 1. The Morgan fingerprint density at radius 2 is 1.86 bits per heavy atom. The summed E-state index contributed by atoms with van der Waals surface area (Å²) in [6.07, 6.45) is 1.01. The second kappa shape index (κ2) is 10.5. The van der Waals surface area contributed by atoms with E-state index in [9.17, 15) is 14.4 Å². The summed E-state index contributed by atoms with van der Waals surface area (Å²) in [7, 11) is 0. The van der Waals surface area contributed by atoms with Crippen LogP contribution in [0.2, 0.25) is 0 Å². The topological polar surface area (TPSA) is 87.7 Å². The van der Waals surface area contributed by atoms with Gasteiger partial charge in [-0.05, 0) is 53.7 Å². The third kappa shape index (κ3) is 5.95. The molecule has 2 rings (SSSR count). The average molecular weight is 454 g/mol. The van der Waals surface area contributed by atoms with Gasteiger partial charge in [0.15, 0.2) is 0 Å². The molecule has 0 bridgehead atoms. The van der Waals surface area contributed by atoms with Crippen molar-refractivity contribution in [3.63, 3.8) is 0 Å². The minimum absolute atomic E-state index is 0.0280. The normalized spacial score (nSPS) is 15.8. The largest absolute Gasteiger partial charge is 0.450 e. The summed E-state index contributed by atoms with van der Waals surface area (Å²) in [6, 6.07) is 6.44. The average Bonchev–Trinajstić information content (AvgIpc) is 2.66. The molecule has 0 aliphatic carbocycles. The van der Waals surface area contributed by atoms with Gasteiger partial charge in [-0.15, -0.1) is 0 Å². The van der Waals surface area contributed by atoms with Gasteiger partial charge in [0.1, 0.15) is 6.04 Å². The standard InChI is InChI=1S/C20H28BrN3O4/c1-4-28-20(27)24-11-9-14(10-12-24)22-19(26)17(13(2)3)23-18(25)15-7-5-6-8-16(15)21/h5-8,13-14,17H,4,9-12H2,1-3H3,(H,22,26)(H,23,25)/t17-/m0/s1. The second-order valence-corrected chi connectivity index (χ2v) is 8.00. The lowest BCUT2D eigenvalue weighted by Gasteiger charge is -2.33. The lowest BCUT2D eigenvalue weighted by atomic mass is 10.00. The second-order valence-electron chi connectivity index (χ2n) is 7.14. The first-order valence-corrected chi connectivity index (χ1v) is 10.4. The number of likely N-dealkylation sites (tertiary alicyclic amines) is 1. The van der Waals surface area contributed by atoms with E-state index in [0.29, 0.717) is 42.6 Å². The molecule has 28 heavy (non-hydrogen) atoms. The Hall–Kier alpha value is -2.09. The zero-order valence-corrected chi connectivity index (χ0v) is 18.1. The van der Waals surface area contributed by atoms with Crippen LogP contribution in [0.5, 0.6) is 0 Å². The Balaban J connectivity index is 1.92. The molecule has 1 aliphatic rings. The van der Waals surface area contributed by atoms with Gasteiger partial charge >= 0.3 is 6.09 Å². The van der Waals surface area contributed by atoms with Crippen LogP contribution in [0.25, 0.3) is 0 Å². The van der Waals surface area contributed by atoms with E-state index < -0.39 is 6.04 Å². The molecule has 7 nitrogen and oxygen atoms in total. The lowest BCUT2D eigenvalue weighted by molar-refractivity contribution is -0.124. The number of rotatable bonds is 6. The minimum atomic E-state index is -0.636. The molecular formula is C20H28BrN3O4. The van der Waals surface area contributed by atoms with Gasteiger partial charge in [-0.2, -0.15) is 0 Å². The van der Waals surface area contributed by atoms with Crippen molar-refractivity contribution < 1.29 is 19.1 Å². The Kier molecular flexibility index (Phi) is 8.29. The number of nitrogens with zero attached hydrogens (tertiary/aromatic N) is 1. The van der Waals surface area contributed by atoms with Gasteiger partial charge in [0.25, 0.3) is 5.91 Å². The Bertz CT molecular complexity index is 702. The fourth-order valence-corrected chi connectivity index (χ4v) is 3.58. The molecule has 0 spiro atoms. The van der Waals surface area contributed by atoms with E-state index >= 15 is 0 Å². The third-order valence-electron chi connectivity index (χ3n) is 4.72. The van der Waals surface area contributed by atoms with E-state index in [-0.39, 0.29) is 29.9 Å². The summed E-state index contributed by atoms with van der Waals surface area (Å²) in [5.41, 5.74) is 0.490. The van der Waals surface area contributed by atoms with Crippen molar-refractivity contribution in [3.8, 4) is 0 Å². The van der Waals surface area contributed by atoms with Gasteiger partial charge in [-0.3, -0.25) is 9.59 Å². The summed E-state index contributed by atoms with van der Waals surface area (Å²) in [6.45, 7) is 7.00. The molecule has 1 fully saturated rings. The molecule has 1 aromatic carbocycles. The fourth-order valence-electron chi connectivity index (χ4n) is 3.11. The number of carbonyl (C=O) groups excluding carboxylic acids is 3. The SMILES string of the molecule is CCOC(=O)N1CCC(NC(=O)[C@@H](NC(=O)c2ccccc2Br)C(C)C)CC1. The molecule has 2 N–H and O–H groups in total. The maximum absolute atomic E-state index is 12.8. The van der Waals surface area contributed by atoms with Gasteiger partial charge in [0, 0.05) is 23.6 Å². The zero-order chi connectivity index (χ0) is 20.7. The molecule has 1 aromatic rings. The number of ether oxygens (including phenoxy) is 1. The highest BCUT2D eigenvalue weighted by Crippen LogP contribution is 2.17. The Morgan fingerprint density at radius 1 is 1.21 bits per heavy atom. The molecular weight excluding hydrogens is 426 g/mol. The summed E-state index contributed by atoms with van der Waals surface area (Å²) in [5, 5.41) is 5.86. The fraction of sp³-hybridized carbons (Fsp3) is 0.550. The van der Waals surface area contributed by atoms with Gasteiger partial charge in [0.2, 0.25) is 5.91 Å². The van der Waals surface area contributed by atoms with Crippen LogP contribution in [0.4, 0.5) is 4.79 Å². The molecule has 0 unspecified atom stereocenters. The first kappa shape index (κ1) is 22.2. The van der Waals surface area contributed by atoms with Crippen LogP contribution in [0.1, 0.15) is 44.0 Å². The van der Waals surface area contributed by atoms with Gasteiger partial charge in [-0.1, -0.05) is 26.0 Å². The first-order valence-electron chi connectivity index (χ1n) is 9.61. The van der Waals surface area contributed by atoms with Crippen molar-refractivity contribution >= 4 is 33.8 Å². The smallest absolute Gasteiger partial charge is 0.409 e. The minimum Gasteiger partial charge on any atom is -0.450 e. The number of nitrogens with one attached hydrogen (secondary N) is 2. The van der Waals surface area contributed by atoms with Crippen molar-refractivity contribution in [3.05, 3.63) is 34.3 Å². The summed E-state index contributed by atoms with van der Waals surface area (Å²) >= 11 is 3.37. The molecule has 0 aromatic heterocycles. The van der Waals surface area contributed by atoms with E-state index in [0.717, 1.165) is 0 Å². The number of carbonyl (C=O) groups is 3. The highest BCUT2D eigenvalue weighted by Gasteiger charge is 2.29. The van der Waals surface area contributed by atoms with Crippen LogP contribution < -0.4 is 10.6 Å². The van der Waals surface area contributed by atoms with Crippen LogP contribution in [0.3, 0.4) is 0 Å². The van der Waals surface area contributed by atoms with Gasteiger partial charge in [-0.25, -0.2) is 4.79 Å². The van der Waals surface area contributed by atoms with Crippen molar-refractivity contribution in [2.45, 2.75) is 45.7 Å². The van der Waals surface area contributed by atoms with E-state index in [2.05, 4.69) is 26.6 Å². The summed E-state index contributed by atoms with van der Waals surface area (Å²) in [5.74, 6) is -0.561. The monoisotopic (exact) mass is 453 g/mol. The molecule has 154 valence electrons.